The highest BCUT2D eigenvalue weighted by Crippen LogP contribution is 2.38. The van der Waals surface area contributed by atoms with E-state index in [-0.39, 0.29) is 0 Å². The minimum Gasteiger partial charge on any atom is -0.497 e. The number of rotatable bonds is 3. The summed E-state index contributed by atoms with van der Waals surface area (Å²) in [6.07, 6.45) is 0. The highest BCUT2D eigenvalue weighted by atomic mass is 32.2. The molecule has 114 valence electrons. The second-order valence-corrected chi connectivity index (χ2v) is 7.10. The van der Waals surface area contributed by atoms with Crippen molar-refractivity contribution in [3.63, 3.8) is 0 Å². The van der Waals surface area contributed by atoms with Gasteiger partial charge in [0.15, 0.2) is 15.2 Å². The SMILES string of the molecule is COc1cccc(C2N(c3ccccc3)C(=O)CS2(=O)=O)c1. The first kappa shape index (κ1) is 14.6. The number of amides is 1. The van der Waals surface area contributed by atoms with Crippen LogP contribution in [-0.4, -0.2) is 27.2 Å². The van der Waals surface area contributed by atoms with Crippen molar-refractivity contribution in [3.05, 3.63) is 60.2 Å². The summed E-state index contributed by atoms with van der Waals surface area (Å²) >= 11 is 0. The number of hydrogen-bond donors (Lipinski definition) is 0. The maximum atomic E-state index is 12.5. The molecule has 5 nitrogen and oxygen atoms in total. The summed E-state index contributed by atoms with van der Waals surface area (Å²) in [6.45, 7) is 0. The number of ether oxygens (including phenoxy) is 1. The lowest BCUT2D eigenvalue weighted by atomic mass is 10.1. The van der Waals surface area contributed by atoms with E-state index in [4.69, 9.17) is 4.74 Å². The van der Waals surface area contributed by atoms with Crippen molar-refractivity contribution in [2.24, 2.45) is 0 Å². The lowest BCUT2D eigenvalue weighted by Crippen LogP contribution is -2.29. The molecule has 0 aromatic heterocycles. The van der Waals surface area contributed by atoms with Crippen LogP contribution >= 0.6 is 0 Å². The number of sulfone groups is 1. The summed E-state index contributed by atoms with van der Waals surface area (Å²) in [5.74, 6) is -0.344. The molecule has 1 aliphatic rings. The van der Waals surface area contributed by atoms with E-state index < -0.39 is 26.9 Å². The maximum absolute atomic E-state index is 12.5. The van der Waals surface area contributed by atoms with E-state index in [1.807, 2.05) is 6.07 Å². The van der Waals surface area contributed by atoms with Crippen LogP contribution in [0.3, 0.4) is 0 Å². The van der Waals surface area contributed by atoms with E-state index in [1.54, 1.807) is 48.5 Å². The zero-order chi connectivity index (χ0) is 15.7. The van der Waals surface area contributed by atoms with Gasteiger partial charge in [-0.2, -0.15) is 0 Å². The largest absolute Gasteiger partial charge is 0.497 e. The van der Waals surface area contributed by atoms with Crippen LogP contribution in [0.25, 0.3) is 0 Å². The Kier molecular flexibility index (Phi) is 3.62. The Hall–Kier alpha value is -2.34. The summed E-state index contributed by atoms with van der Waals surface area (Å²) in [5, 5.41) is -1.02. The average Bonchev–Trinajstić information content (AvgIpc) is 2.77. The van der Waals surface area contributed by atoms with Gasteiger partial charge in [0.1, 0.15) is 11.5 Å². The van der Waals surface area contributed by atoms with Gasteiger partial charge in [-0.1, -0.05) is 30.3 Å². The number of carbonyl (C=O) groups excluding carboxylic acids is 1. The molecule has 0 saturated carbocycles. The van der Waals surface area contributed by atoms with Crippen molar-refractivity contribution >= 4 is 21.4 Å². The van der Waals surface area contributed by atoms with Gasteiger partial charge >= 0.3 is 0 Å². The predicted molar refractivity (Wildman–Crippen MR) is 83.4 cm³/mol. The van der Waals surface area contributed by atoms with Crippen LogP contribution < -0.4 is 9.64 Å². The van der Waals surface area contributed by atoms with Gasteiger partial charge in [0.25, 0.3) is 0 Å². The quantitative estimate of drug-likeness (QED) is 0.870. The molecule has 0 aliphatic carbocycles. The third kappa shape index (κ3) is 2.46. The molecular weight excluding hydrogens is 302 g/mol. The topological polar surface area (TPSA) is 63.7 Å². The number of benzene rings is 2. The van der Waals surface area contributed by atoms with Gasteiger partial charge in [0.05, 0.1) is 7.11 Å². The van der Waals surface area contributed by atoms with Crippen LogP contribution in [0.4, 0.5) is 5.69 Å². The Bertz CT molecular complexity index is 802. The Labute approximate surface area is 129 Å². The average molecular weight is 317 g/mol. The van der Waals surface area contributed by atoms with Crippen LogP contribution in [0.5, 0.6) is 5.75 Å². The molecule has 0 bridgehead atoms. The van der Waals surface area contributed by atoms with Gasteiger partial charge in [-0.15, -0.1) is 0 Å². The Morgan fingerprint density at radius 3 is 2.50 bits per heavy atom. The monoisotopic (exact) mass is 317 g/mol. The normalized spacial score (nSPS) is 20.1. The molecular formula is C16H15NO4S. The first-order valence-corrected chi connectivity index (χ1v) is 8.47. The zero-order valence-electron chi connectivity index (χ0n) is 12.0. The number of hydrogen-bond acceptors (Lipinski definition) is 4. The molecule has 1 fully saturated rings. The third-order valence-electron chi connectivity index (χ3n) is 3.58. The molecule has 1 unspecified atom stereocenters. The first-order valence-electron chi connectivity index (χ1n) is 6.75. The van der Waals surface area contributed by atoms with E-state index in [0.717, 1.165) is 0 Å². The van der Waals surface area contributed by atoms with Gasteiger partial charge in [-0.3, -0.25) is 9.69 Å². The molecule has 6 heteroatoms. The van der Waals surface area contributed by atoms with E-state index in [2.05, 4.69) is 0 Å². The van der Waals surface area contributed by atoms with Crippen LogP contribution in [0, 0.1) is 0 Å². The summed E-state index contributed by atoms with van der Waals surface area (Å²) in [4.78, 5) is 13.6. The lowest BCUT2D eigenvalue weighted by molar-refractivity contribution is -0.115. The van der Waals surface area contributed by atoms with Crippen LogP contribution in [0.2, 0.25) is 0 Å². The summed E-state index contributed by atoms with van der Waals surface area (Å²) < 4.78 is 30.1. The molecule has 3 rings (SSSR count). The van der Waals surface area contributed by atoms with Gasteiger partial charge < -0.3 is 4.74 Å². The molecule has 22 heavy (non-hydrogen) atoms. The molecule has 1 saturated heterocycles. The van der Waals surface area contributed by atoms with Gasteiger partial charge in [-0.05, 0) is 29.8 Å². The van der Waals surface area contributed by atoms with Crippen LogP contribution in [-0.2, 0) is 14.6 Å². The minimum absolute atomic E-state index is 0.418. The molecule has 1 aliphatic heterocycles. The highest BCUT2D eigenvalue weighted by molar-refractivity contribution is 7.93. The molecule has 2 aromatic carbocycles. The molecule has 1 atom stereocenters. The summed E-state index contributed by atoms with van der Waals surface area (Å²) in [6, 6.07) is 15.6. The number of nitrogens with zero attached hydrogens (tertiary/aromatic N) is 1. The number of para-hydroxylation sites is 1. The first-order chi connectivity index (χ1) is 10.5. The van der Waals surface area contributed by atoms with Crippen molar-refractivity contribution in [2.75, 3.05) is 17.8 Å². The Balaban J connectivity index is 2.14. The number of carbonyl (C=O) groups is 1. The molecule has 0 spiro atoms. The minimum atomic E-state index is -3.59. The standard InChI is InChI=1S/C16H15NO4S/c1-21-14-9-5-6-12(10-14)16-17(13-7-3-2-4-8-13)15(18)11-22(16,19)20/h2-10,16H,11H2,1H3. The number of methoxy groups -OCH3 is 1. The van der Waals surface area contributed by atoms with E-state index >= 15 is 0 Å². The highest BCUT2D eigenvalue weighted by Gasteiger charge is 2.45. The molecule has 2 aromatic rings. The molecule has 1 heterocycles. The zero-order valence-corrected chi connectivity index (χ0v) is 12.8. The smallest absolute Gasteiger partial charge is 0.243 e. The predicted octanol–water partition coefficient (Wildman–Crippen LogP) is 2.16. The summed E-state index contributed by atoms with van der Waals surface area (Å²) in [7, 11) is -2.07. The van der Waals surface area contributed by atoms with E-state index in [1.165, 1.54) is 12.0 Å². The van der Waals surface area contributed by atoms with Crippen molar-refractivity contribution in [1.29, 1.82) is 0 Å². The fraction of sp³-hybridized carbons (Fsp3) is 0.188. The summed E-state index contributed by atoms with van der Waals surface area (Å²) in [5.41, 5.74) is 1.09. The van der Waals surface area contributed by atoms with E-state index in [9.17, 15) is 13.2 Å². The van der Waals surface area contributed by atoms with Gasteiger partial charge in [-0.25, -0.2) is 8.42 Å². The van der Waals surface area contributed by atoms with Crippen molar-refractivity contribution in [1.82, 2.24) is 0 Å². The Morgan fingerprint density at radius 1 is 1.09 bits per heavy atom. The molecule has 1 amide bonds. The van der Waals surface area contributed by atoms with Gasteiger partial charge in [0, 0.05) is 5.69 Å². The van der Waals surface area contributed by atoms with Crippen molar-refractivity contribution < 1.29 is 17.9 Å². The Morgan fingerprint density at radius 2 is 1.82 bits per heavy atom. The third-order valence-corrected chi connectivity index (χ3v) is 5.39. The van der Waals surface area contributed by atoms with Crippen molar-refractivity contribution in [3.8, 4) is 5.75 Å². The fourth-order valence-electron chi connectivity index (χ4n) is 2.63. The number of anilines is 1. The van der Waals surface area contributed by atoms with Gasteiger partial charge in [0.2, 0.25) is 5.91 Å². The second-order valence-electron chi connectivity index (χ2n) is 5.04. The fourth-order valence-corrected chi connectivity index (χ4v) is 4.39. The van der Waals surface area contributed by atoms with Crippen LogP contribution in [0.15, 0.2) is 54.6 Å². The lowest BCUT2D eigenvalue weighted by Gasteiger charge is -2.24. The molecule has 0 radical (unpaired) electrons. The molecule has 0 N–H and O–H groups in total. The van der Waals surface area contributed by atoms with Crippen molar-refractivity contribution in [2.45, 2.75) is 5.37 Å². The van der Waals surface area contributed by atoms with E-state index in [0.29, 0.717) is 17.0 Å². The maximum Gasteiger partial charge on any atom is 0.243 e. The second kappa shape index (κ2) is 5.46. The van der Waals surface area contributed by atoms with Crippen LogP contribution in [0.1, 0.15) is 10.9 Å².